The highest BCUT2D eigenvalue weighted by Gasteiger charge is 2.02. The summed E-state index contributed by atoms with van der Waals surface area (Å²) < 4.78 is 0. The van der Waals surface area contributed by atoms with Crippen molar-refractivity contribution in [1.82, 2.24) is 4.90 Å². The average molecular weight is 243 g/mol. The fourth-order valence-corrected chi connectivity index (χ4v) is 2.27. The van der Waals surface area contributed by atoms with Gasteiger partial charge in [0.1, 0.15) is 0 Å². The van der Waals surface area contributed by atoms with E-state index in [0.29, 0.717) is 0 Å². The van der Waals surface area contributed by atoms with Crippen LogP contribution < -0.4 is 0 Å². The van der Waals surface area contributed by atoms with Crippen molar-refractivity contribution < 1.29 is 5.11 Å². The molecule has 2 rings (SSSR count). The molecule has 0 aliphatic carbocycles. The maximum atomic E-state index is 8.82. The summed E-state index contributed by atoms with van der Waals surface area (Å²) in [5, 5.41) is 11.5. The van der Waals surface area contributed by atoms with Crippen molar-refractivity contribution in [1.29, 1.82) is 0 Å². The van der Waals surface area contributed by atoms with Crippen LogP contribution in [0.15, 0.2) is 42.5 Å². The molecule has 0 fully saturated rings. The molecule has 2 aromatic rings. The van der Waals surface area contributed by atoms with Gasteiger partial charge in [0, 0.05) is 19.7 Å². The third kappa shape index (κ3) is 3.31. The number of nitrogens with zero attached hydrogens (tertiary/aromatic N) is 1. The second kappa shape index (κ2) is 6.53. The van der Waals surface area contributed by atoms with Crippen LogP contribution in [-0.2, 0) is 6.42 Å². The van der Waals surface area contributed by atoms with Crippen molar-refractivity contribution in [2.24, 2.45) is 0 Å². The number of aliphatic hydroxyl groups is 1. The van der Waals surface area contributed by atoms with Crippen LogP contribution in [0.25, 0.3) is 10.8 Å². The first-order chi connectivity index (χ1) is 8.81. The van der Waals surface area contributed by atoms with E-state index in [1.165, 1.54) is 16.3 Å². The summed E-state index contributed by atoms with van der Waals surface area (Å²) in [4.78, 5) is 2.28. The zero-order valence-corrected chi connectivity index (χ0v) is 11.0. The number of hydrogen-bond acceptors (Lipinski definition) is 2. The molecule has 96 valence electrons. The zero-order valence-electron chi connectivity index (χ0n) is 11.0. The Balaban J connectivity index is 2.03. The molecule has 0 bridgehead atoms. The fraction of sp³-hybridized carbons (Fsp3) is 0.375. The number of benzene rings is 2. The summed E-state index contributed by atoms with van der Waals surface area (Å²) in [6, 6.07) is 15.0. The number of rotatable bonds is 6. The van der Waals surface area contributed by atoms with E-state index in [-0.39, 0.29) is 6.61 Å². The minimum atomic E-state index is 0.276. The smallest absolute Gasteiger partial charge is 0.0443 e. The number of hydrogen-bond donors (Lipinski definition) is 1. The van der Waals surface area contributed by atoms with Gasteiger partial charge in [0.15, 0.2) is 0 Å². The van der Waals surface area contributed by atoms with Crippen LogP contribution in [0.1, 0.15) is 12.0 Å². The first kappa shape index (κ1) is 13.1. The van der Waals surface area contributed by atoms with E-state index in [1.54, 1.807) is 0 Å². The van der Waals surface area contributed by atoms with Crippen LogP contribution in [0, 0.1) is 0 Å². The van der Waals surface area contributed by atoms with Crippen LogP contribution in [-0.4, -0.2) is 36.8 Å². The highest BCUT2D eigenvalue weighted by atomic mass is 16.3. The zero-order chi connectivity index (χ0) is 12.8. The molecular formula is C16H21NO. The van der Waals surface area contributed by atoms with Gasteiger partial charge in [-0.25, -0.2) is 0 Å². The summed E-state index contributed by atoms with van der Waals surface area (Å²) in [5.41, 5.74) is 1.41. The van der Waals surface area contributed by atoms with E-state index >= 15 is 0 Å². The minimum absolute atomic E-state index is 0.276. The van der Waals surface area contributed by atoms with E-state index in [9.17, 15) is 0 Å². The summed E-state index contributed by atoms with van der Waals surface area (Å²) in [6.07, 6.45) is 1.91. The van der Waals surface area contributed by atoms with Gasteiger partial charge < -0.3 is 10.0 Å². The van der Waals surface area contributed by atoms with Gasteiger partial charge in [0.05, 0.1) is 0 Å². The molecule has 2 heteroatoms. The molecule has 0 aromatic heterocycles. The van der Waals surface area contributed by atoms with Crippen molar-refractivity contribution in [3.63, 3.8) is 0 Å². The molecule has 0 unspecified atom stereocenters. The Morgan fingerprint density at radius 1 is 1.00 bits per heavy atom. The van der Waals surface area contributed by atoms with Crippen LogP contribution >= 0.6 is 0 Å². The van der Waals surface area contributed by atoms with E-state index in [4.69, 9.17) is 5.11 Å². The first-order valence-electron chi connectivity index (χ1n) is 6.57. The topological polar surface area (TPSA) is 23.5 Å². The van der Waals surface area contributed by atoms with Crippen LogP contribution in [0.4, 0.5) is 0 Å². The van der Waals surface area contributed by atoms with Crippen LogP contribution in [0.2, 0.25) is 0 Å². The maximum Gasteiger partial charge on any atom is 0.0443 e. The Kier molecular flexibility index (Phi) is 4.73. The van der Waals surface area contributed by atoms with Gasteiger partial charge in [-0.3, -0.25) is 0 Å². The molecule has 1 N–H and O–H groups in total. The van der Waals surface area contributed by atoms with Crippen molar-refractivity contribution >= 4 is 10.8 Å². The van der Waals surface area contributed by atoms with Crippen molar-refractivity contribution in [2.45, 2.75) is 12.8 Å². The third-order valence-electron chi connectivity index (χ3n) is 3.34. The molecule has 0 heterocycles. The molecule has 0 amide bonds. The molecule has 0 spiro atoms. The Labute approximate surface area is 109 Å². The Bertz CT molecular complexity index is 490. The summed E-state index contributed by atoms with van der Waals surface area (Å²) in [6.45, 7) is 2.27. The Morgan fingerprint density at radius 2 is 1.78 bits per heavy atom. The lowest BCUT2D eigenvalue weighted by atomic mass is 10.0. The molecule has 18 heavy (non-hydrogen) atoms. The van der Waals surface area contributed by atoms with Crippen molar-refractivity contribution in [3.05, 3.63) is 48.0 Å². The Hall–Kier alpha value is -1.38. The number of aliphatic hydroxyl groups excluding tert-OH is 1. The largest absolute Gasteiger partial charge is 0.396 e. The second-order valence-electron chi connectivity index (χ2n) is 4.77. The Morgan fingerprint density at radius 3 is 2.61 bits per heavy atom. The van der Waals surface area contributed by atoms with Crippen molar-refractivity contribution in [2.75, 3.05) is 26.7 Å². The van der Waals surface area contributed by atoms with Gasteiger partial charge in [0.2, 0.25) is 0 Å². The van der Waals surface area contributed by atoms with E-state index in [2.05, 4.69) is 54.4 Å². The van der Waals surface area contributed by atoms with Gasteiger partial charge in [-0.05, 0) is 36.2 Å². The van der Waals surface area contributed by atoms with Crippen LogP contribution in [0.5, 0.6) is 0 Å². The lowest BCUT2D eigenvalue weighted by Gasteiger charge is -2.16. The molecule has 0 aliphatic heterocycles. The van der Waals surface area contributed by atoms with Gasteiger partial charge in [-0.2, -0.15) is 0 Å². The predicted octanol–water partition coefficient (Wildman–Crippen LogP) is 2.70. The molecule has 2 nitrogen and oxygen atoms in total. The van der Waals surface area contributed by atoms with E-state index in [0.717, 1.165) is 25.9 Å². The summed E-state index contributed by atoms with van der Waals surface area (Å²) in [7, 11) is 2.11. The maximum absolute atomic E-state index is 8.82. The minimum Gasteiger partial charge on any atom is -0.396 e. The molecule has 0 saturated heterocycles. The van der Waals surface area contributed by atoms with Crippen molar-refractivity contribution in [3.8, 4) is 0 Å². The summed E-state index contributed by atoms with van der Waals surface area (Å²) >= 11 is 0. The lowest BCUT2D eigenvalue weighted by molar-refractivity contribution is 0.248. The monoisotopic (exact) mass is 243 g/mol. The van der Waals surface area contributed by atoms with E-state index in [1.807, 2.05) is 0 Å². The van der Waals surface area contributed by atoms with Gasteiger partial charge in [-0.1, -0.05) is 42.5 Å². The van der Waals surface area contributed by atoms with Gasteiger partial charge >= 0.3 is 0 Å². The molecule has 0 saturated carbocycles. The molecule has 0 aliphatic rings. The van der Waals surface area contributed by atoms with E-state index < -0.39 is 0 Å². The standard InChI is InChI=1S/C16H21NO/c1-17(11-5-13-18)12-10-15-8-4-7-14-6-2-3-9-16(14)15/h2-4,6-9,18H,5,10-13H2,1H3. The van der Waals surface area contributed by atoms with Gasteiger partial charge in [-0.15, -0.1) is 0 Å². The molecule has 2 aromatic carbocycles. The highest BCUT2D eigenvalue weighted by molar-refractivity contribution is 5.85. The fourth-order valence-electron chi connectivity index (χ4n) is 2.27. The lowest BCUT2D eigenvalue weighted by Crippen LogP contribution is -2.23. The molecule has 0 atom stereocenters. The average Bonchev–Trinajstić information content (AvgIpc) is 2.42. The summed E-state index contributed by atoms with van der Waals surface area (Å²) in [5.74, 6) is 0. The number of fused-ring (bicyclic) bond motifs is 1. The quantitative estimate of drug-likeness (QED) is 0.843. The normalized spacial score (nSPS) is 11.3. The highest BCUT2D eigenvalue weighted by Crippen LogP contribution is 2.18. The predicted molar refractivity (Wildman–Crippen MR) is 76.9 cm³/mol. The molecule has 0 radical (unpaired) electrons. The number of likely N-dealkylation sites (N-methyl/N-ethyl adjacent to an activating group) is 1. The first-order valence-corrected chi connectivity index (χ1v) is 6.57. The second-order valence-corrected chi connectivity index (χ2v) is 4.77. The van der Waals surface area contributed by atoms with Gasteiger partial charge in [0.25, 0.3) is 0 Å². The third-order valence-corrected chi connectivity index (χ3v) is 3.34. The SMILES string of the molecule is CN(CCCO)CCc1cccc2ccccc12. The van der Waals surface area contributed by atoms with Crippen LogP contribution in [0.3, 0.4) is 0 Å². The molecular weight excluding hydrogens is 222 g/mol.